The minimum absolute atomic E-state index is 0.164. The Labute approximate surface area is 130 Å². The zero-order chi connectivity index (χ0) is 16.0. The second-order valence-corrected chi connectivity index (χ2v) is 6.37. The van der Waals surface area contributed by atoms with Crippen LogP contribution < -0.4 is 5.32 Å². The van der Waals surface area contributed by atoms with Crippen molar-refractivity contribution in [3.05, 3.63) is 64.4 Å². The molecule has 6 heteroatoms. The van der Waals surface area contributed by atoms with Crippen LogP contribution in [0.3, 0.4) is 0 Å². The molecule has 0 fully saturated rings. The van der Waals surface area contributed by atoms with E-state index in [4.69, 9.17) is 5.26 Å². The summed E-state index contributed by atoms with van der Waals surface area (Å²) in [5, 5.41) is 10.9. The molecule has 114 valence electrons. The normalized spacial score (nSPS) is 10.9. The van der Waals surface area contributed by atoms with Crippen LogP contribution in [0, 0.1) is 11.3 Å². The molecule has 0 aliphatic rings. The molecule has 0 saturated heterocycles. The highest BCUT2D eigenvalue weighted by atomic mass is 32.2. The summed E-state index contributed by atoms with van der Waals surface area (Å²) in [6.45, 7) is 3.87. The molecule has 0 radical (unpaired) electrons. The molecule has 0 aliphatic heterocycles. The summed E-state index contributed by atoms with van der Waals surface area (Å²) >= 11 is 0. The summed E-state index contributed by atoms with van der Waals surface area (Å²) in [5.41, 5.74) is 1.84. The third-order valence-corrected chi connectivity index (χ3v) is 4.43. The first-order chi connectivity index (χ1) is 10.5. The number of nitrogens with two attached hydrogens (primary N) is 1. The van der Waals surface area contributed by atoms with Crippen LogP contribution in [0.25, 0.3) is 4.72 Å². The van der Waals surface area contributed by atoms with Crippen LogP contribution in [0.2, 0.25) is 0 Å². The molecule has 0 unspecified atom stereocenters. The number of sulfonamides is 1. The van der Waals surface area contributed by atoms with Gasteiger partial charge in [0.25, 0.3) is 0 Å². The predicted molar refractivity (Wildman–Crippen MR) is 84.0 cm³/mol. The average Bonchev–Trinajstić information content (AvgIpc) is 2.53. The van der Waals surface area contributed by atoms with Crippen molar-refractivity contribution in [3.8, 4) is 6.07 Å². The van der Waals surface area contributed by atoms with E-state index in [0.717, 1.165) is 18.7 Å². The van der Waals surface area contributed by atoms with Crippen molar-refractivity contribution in [2.45, 2.75) is 18.4 Å². The van der Waals surface area contributed by atoms with E-state index < -0.39 is 10.0 Å². The van der Waals surface area contributed by atoms with E-state index in [0.29, 0.717) is 11.3 Å². The maximum atomic E-state index is 12.2. The molecule has 0 aliphatic carbocycles. The SMILES string of the molecule is CC[NH2+]Cc1ccc(S(=O)(=O)[N-]c2ccc(C#N)cc2)cc1. The van der Waals surface area contributed by atoms with E-state index >= 15 is 0 Å². The second-order valence-electron chi connectivity index (χ2n) is 4.77. The molecule has 0 amide bonds. The maximum Gasteiger partial charge on any atom is 0.123 e. The third kappa shape index (κ3) is 4.07. The molecule has 2 rings (SSSR count). The van der Waals surface area contributed by atoms with Crippen molar-refractivity contribution in [1.82, 2.24) is 0 Å². The van der Waals surface area contributed by atoms with Crippen molar-refractivity contribution in [2.24, 2.45) is 0 Å². The van der Waals surface area contributed by atoms with E-state index in [1.54, 1.807) is 24.3 Å². The van der Waals surface area contributed by atoms with E-state index in [9.17, 15) is 8.42 Å². The Morgan fingerprint density at radius 2 is 1.73 bits per heavy atom. The summed E-state index contributed by atoms with van der Waals surface area (Å²) in [5.74, 6) is 0. The lowest BCUT2D eigenvalue weighted by Gasteiger charge is -2.21. The number of nitrogens with zero attached hydrogens (tertiary/aromatic N) is 2. The van der Waals surface area contributed by atoms with Gasteiger partial charge in [-0.15, -0.1) is 5.69 Å². The summed E-state index contributed by atoms with van der Waals surface area (Å²) in [4.78, 5) is 0.164. The Bertz CT molecular complexity index is 761. The second kappa shape index (κ2) is 7.07. The number of hydrogen-bond donors (Lipinski definition) is 1. The highest BCUT2D eigenvalue weighted by molar-refractivity contribution is 7.94. The van der Waals surface area contributed by atoms with Gasteiger partial charge in [0.15, 0.2) is 0 Å². The van der Waals surface area contributed by atoms with E-state index in [-0.39, 0.29) is 4.90 Å². The molecule has 0 spiro atoms. The Balaban J connectivity index is 2.13. The lowest BCUT2D eigenvalue weighted by Crippen LogP contribution is -2.81. The fourth-order valence-corrected chi connectivity index (χ4v) is 2.88. The van der Waals surface area contributed by atoms with Crippen LogP contribution in [0.1, 0.15) is 18.1 Å². The van der Waals surface area contributed by atoms with E-state index in [2.05, 4.69) is 17.0 Å². The molecule has 5 nitrogen and oxygen atoms in total. The minimum atomic E-state index is -3.74. The Kier molecular flexibility index (Phi) is 5.15. The number of nitriles is 1. The summed E-state index contributed by atoms with van der Waals surface area (Å²) in [6.07, 6.45) is 0. The smallest absolute Gasteiger partial charge is 0.123 e. The van der Waals surface area contributed by atoms with Gasteiger partial charge in [0.1, 0.15) is 16.6 Å². The van der Waals surface area contributed by atoms with Crippen molar-refractivity contribution in [3.63, 3.8) is 0 Å². The van der Waals surface area contributed by atoms with Crippen molar-refractivity contribution >= 4 is 15.7 Å². The summed E-state index contributed by atoms with van der Waals surface area (Å²) in [7, 11) is -3.74. The van der Waals surface area contributed by atoms with Crippen molar-refractivity contribution in [1.29, 1.82) is 5.26 Å². The highest BCUT2D eigenvalue weighted by Gasteiger charge is 2.05. The number of hydrogen-bond acceptors (Lipinski definition) is 3. The van der Waals surface area contributed by atoms with Crippen LogP contribution in [-0.4, -0.2) is 15.0 Å². The Morgan fingerprint density at radius 3 is 2.27 bits per heavy atom. The van der Waals surface area contributed by atoms with Crippen LogP contribution in [-0.2, 0) is 16.6 Å². The quantitative estimate of drug-likeness (QED) is 0.884. The zero-order valence-electron chi connectivity index (χ0n) is 12.2. The molecule has 0 saturated carbocycles. The predicted octanol–water partition coefficient (Wildman–Crippen LogP) is 2.04. The molecule has 2 aromatic carbocycles. The van der Waals surface area contributed by atoms with Crippen LogP contribution in [0.15, 0.2) is 53.4 Å². The van der Waals surface area contributed by atoms with E-state index in [1.807, 2.05) is 6.07 Å². The van der Waals surface area contributed by atoms with Crippen LogP contribution in [0.4, 0.5) is 5.69 Å². The van der Waals surface area contributed by atoms with Gasteiger partial charge in [-0.3, -0.25) is 0 Å². The highest BCUT2D eigenvalue weighted by Crippen LogP contribution is 2.27. The van der Waals surface area contributed by atoms with Crippen LogP contribution in [0.5, 0.6) is 0 Å². The maximum absolute atomic E-state index is 12.2. The first-order valence-corrected chi connectivity index (χ1v) is 8.38. The molecular formula is C16H17N3O2S. The van der Waals surface area contributed by atoms with Crippen molar-refractivity contribution in [2.75, 3.05) is 6.54 Å². The van der Waals surface area contributed by atoms with Gasteiger partial charge in [0, 0.05) is 5.56 Å². The van der Waals surface area contributed by atoms with Gasteiger partial charge in [-0.05, 0) is 31.2 Å². The Hall–Kier alpha value is -2.36. The molecule has 2 aromatic rings. The van der Waals surface area contributed by atoms with Gasteiger partial charge in [-0.25, -0.2) is 8.42 Å². The monoisotopic (exact) mass is 315 g/mol. The molecule has 0 aromatic heterocycles. The molecule has 0 heterocycles. The molecular weight excluding hydrogens is 298 g/mol. The van der Waals surface area contributed by atoms with Gasteiger partial charge in [-0.2, -0.15) is 5.26 Å². The van der Waals surface area contributed by atoms with Gasteiger partial charge < -0.3 is 10.0 Å². The molecule has 0 bridgehead atoms. The fraction of sp³-hybridized carbons (Fsp3) is 0.188. The largest absolute Gasteiger partial charge is 0.573 e. The summed E-state index contributed by atoms with van der Waals surface area (Å²) in [6, 6.07) is 14.8. The van der Waals surface area contributed by atoms with Crippen molar-refractivity contribution < 1.29 is 13.7 Å². The lowest BCUT2D eigenvalue weighted by molar-refractivity contribution is -0.667. The van der Waals surface area contributed by atoms with Gasteiger partial charge in [0.05, 0.1) is 23.1 Å². The fourth-order valence-electron chi connectivity index (χ4n) is 1.90. The standard InChI is InChI=1S/C16H16N3O2S/c1-2-18-12-14-5-9-16(10-6-14)22(20,21)19-15-7-3-13(11-17)4-8-15/h3-10,18H,2,12H2,1H3/q-1/p+1. The van der Waals surface area contributed by atoms with Gasteiger partial charge >= 0.3 is 0 Å². The van der Waals surface area contributed by atoms with Gasteiger partial charge in [-0.1, -0.05) is 24.3 Å². The number of rotatable bonds is 6. The number of benzene rings is 2. The third-order valence-electron chi connectivity index (χ3n) is 3.11. The summed E-state index contributed by atoms with van der Waals surface area (Å²) < 4.78 is 28.3. The lowest BCUT2D eigenvalue weighted by atomic mass is 10.2. The molecule has 2 N–H and O–H groups in total. The molecule has 0 atom stereocenters. The average molecular weight is 315 g/mol. The topological polar surface area (TPSA) is 88.6 Å². The molecule has 22 heavy (non-hydrogen) atoms. The number of quaternary nitrogens is 1. The van der Waals surface area contributed by atoms with Crippen LogP contribution >= 0.6 is 0 Å². The first-order valence-electron chi connectivity index (χ1n) is 6.94. The zero-order valence-corrected chi connectivity index (χ0v) is 13.0. The van der Waals surface area contributed by atoms with Gasteiger partial charge in [0.2, 0.25) is 0 Å². The Morgan fingerprint density at radius 1 is 1.09 bits per heavy atom. The van der Waals surface area contributed by atoms with E-state index in [1.165, 1.54) is 24.3 Å². The first kappa shape index (κ1) is 16.0. The minimum Gasteiger partial charge on any atom is -0.573 e.